The van der Waals surface area contributed by atoms with E-state index >= 15 is 0 Å². The summed E-state index contributed by atoms with van der Waals surface area (Å²) in [4.78, 5) is 32.6. The van der Waals surface area contributed by atoms with Crippen molar-refractivity contribution in [2.45, 2.75) is 25.9 Å². The number of aliphatic imine (C=N–C) groups is 1. The third-order valence-corrected chi connectivity index (χ3v) is 7.08. The van der Waals surface area contributed by atoms with E-state index < -0.39 is 17.8 Å². The van der Waals surface area contributed by atoms with Gasteiger partial charge in [-0.3, -0.25) is 4.79 Å². The predicted molar refractivity (Wildman–Crippen MR) is 139 cm³/mol. The molecule has 0 spiro atoms. The van der Waals surface area contributed by atoms with E-state index in [-0.39, 0.29) is 32.3 Å². The highest BCUT2D eigenvalue weighted by atomic mass is 32.2. The summed E-state index contributed by atoms with van der Waals surface area (Å²) in [5, 5.41) is 5.41. The van der Waals surface area contributed by atoms with Crippen LogP contribution in [0.1, 0.15) is 30.5 Å². The van der Waals surface area contributed by atoms with Gasteiger partial charge in [-0.1, -0.05) is 30.0 Å². The molecular formula is C27H26FN3O6S. The van der Waals surface area contributed by atoms with Gasteiger partial charge in [0.2, 0.25) is 12.7 Å². The minimum absolute atomic E-state index is 0.0549. The maximum atomic E-state index is 13.8. The Bertz CT molecular complexity index is 1340. The van der Waals surface area contributed by atoms with Crippen molar-refractivity contribution in [2.24, 2.45) is 4.99 Å². The van der Waals surface area contributed by atoms with Crippen LogP contribution in [0.3, 0.4) is 0 Å². The molecule has 1 amide bonds. The van der Waals surface area contributed by atoms with Gasteiger partial charge in [-0.05, 0) is 47.7 Å². The fourth-order valence-corrected chi connectivity index (χ4v) is 5.33. The summed E-state index contributed by atoms with van der Waals surface area (Å²) in [5.74, 6) is 0.189. The van der Waals surface area contributed by atoms with Gasteiger partial charge in [-0.2, -0.15) is 0 Å². The molecule has 2 aromatic carbocycles. The number of nitrogens with one attached hydrogen (secondary N) is 1. The minimum Gasteiger partial charge on any atom is -0.460 e. The fourth-order valence-electron chi connectivity index (χ4n) is 4.37. The minimum atomic E-state index is -0.638. The lowest BCUT2D eigenvalue weighted by Gasteiger charge is -2.36. The average molecular weight is 540 g/mol. The molecule has 0 aromatic heterocycles. The largest absolute Gasteiger partial charge is 0.460 e. The predicted octanol–water partition coefficient (Wildman–Crippen LogP) is 4.03. The zero-order chi connectivity index (χ0) is 26.6. The Morgan fingerprint density at radius 2 is 1.95 bits per heavy atom. The van der Waals surface area contributed by atoms with E-state index in [0.717, 1.165) is 5.56 Å². The zero-order valence-corrected chi connectivity index (χ0v) is 21.7. The second kappa shape index (κ2) is 11.3. The first-order valence-corrected chi connectivity index (χ1v) is 12.8. The number of rotatable bonds is 9. The van der Waals surface area contributed by atoms with Crippen molar-refractivity contribution < 1.29 is 32.9 Å². The number of carbonyl (C=O) groups excluding carboxylic acids is 2. The molecule has 3 aliphatic rings. The summed E-state index contributed by atoms with van der Waals surface area (Å²) in [6.45, 7) is 2.57. The summed E-state index contributed by atoms with van der Waals surface area (Å²) in [6.07, 6.45) is 0.0549. The number of amides is 1. The molecule has 38 heavy (non-hydrogen) atoms. The lowest BCUT2D eigenvalue weighted by molar-refractivity contribution is -0.141. The van der Waals surface area contributed by atoms with Gasteiger partial charge in [0.05, 0.1) is 30.3 Å². The first-order chi connectivity index (χ1) is 18.4. The van der Waals surface area contributed by atoms with Gasteiger partial charge < -0.3 is 29.2 Å². The Hall–Kier alpha value is -3.83. The van der Waals surface area contributed by atoms with Crippen molar-refractivity contribution in [1.82, 2.24) is 10.2 Å². The quantitative estimate of drug-likeness (QED) is 0.377. The highest BCUT2D eigenvalue weighted by Crippen LogP contribution is 2.44. The van der Waals surface area contributed by atoms with Gasteiger partial charge in [-0.25, -0.2) is 14.2 Å². The Labute approximate surface area is 223 Å². The van der Waals surface area contributed by atoms with Crippen molar-refractivity contribution in [3.05, 3.63) is 81.8 Å². The van der Waals surface area contributed by atoms with E-state index in [1.165, 1.54) is 31.0 Å². The maximum absolute atomic E-state index is 13.8. The normalized spacial score (nSPS) is 17.7. The summed E-state index contributed by atoms with van der Waals surface area (Å²) >= 11 is 1.37. The number of hydrogen-bond donors (Lipinski definition) is 1. The van der Waals surface area contributed by atoms with Crippen molar-refractivity contribution >= 4 is 28.8 Å². The van der Waals surface area contributed by atoms with Crippen LogP contribution in [0.15, 0.2) is 69.8 Å². The number of halogens is 1. The van der Waals surface area contributed by atoms with E-state index in [0.29, 0.717) is 45.7 Å². The molecule has 2 aromatic rings. The maximum Gasteiger partial charge on any atom is 0.338 e. The number of allylic oxidation sites excluding steroid dienone is 1. The number of carbonyl (C=O) groups is 2. The van der Waals surface area contributed by atoms with Crippen LogP contribution in [-0.2, 0) is 25.6 Å². The van der Waals surface area contributed by atoms with Gasteiger partial charge in [0.15, 0.2) is 16.7 Å². The molecule has 1 unspecified atom stereocenters. The molecule has 5 rings (SSSR count). The molecule has 0 fully saturated rings. The highest BCUT2D eigenvalue weighted by Gasteiger charge is 2.41. The molecule has 11 heteroatoms. The van der Waals surface area contributed by atoms with E-state index in [2.05, 4.69) is 10.3 Å². The van der Waals surface area contributed by atoms with Gasteiger partial charge in [0, 0.05) is 19.4 Å². The number of benzene rings is 2. The molecule has 0 saturated carbocycles. The number of methoxy groups -OCH3 is 1. The van der Waals surface area contributed by atoms with Crippen LogP contribution in [-0.4, -0.2) is 49.1 Å². The molecule has 0 bridgehead atoms. The molecule has 3 heterocycles. The van der Waals surface area contributed by atoms with Crippen molar-refractivity contribution in [3.8, 4) is 11.5 Å². The monoisotopic (exact) mass is 539 g/mol. The van der Waals surface area contributed by atoms with E-state index in [1.807, 2.05) is 28.5 Å². The molecule has 0 radical (unpaired) electrons. The molecule has 9 nitrogen and oxygen atoms in total. The molecule has 0 aliphatic carbocycles. The van der Waals surface area contributed by atoms with E-state index in [4.69, 9.17) is 18.9 Å². The van der Waals surface area contributed by atoms with Crippen LogP contribution in [0.4, 0.5) is 4.39 Å². The molecule has 198 valence electrons. The van der Waals surface area contributed by atoms with Crippen molar-refractivity contribution in [1.29, 1.82) is 0 Å². The smallest absolute Gasteiger partial charge is 0.338 e. The van der Waals surface area contributed by atoms with E-state index in [1.54, 1.807) is 19.1 Å². The van der Waals surface area contributed by atoms with Gasteiger partial charge >= 0.3 is 5.97 Å². The van der Waals surface area contributed by atoms with E-state index in [9.17, 15) is 14.0 Å². The summed E-state index contributed by atoms with van der Waals surface area (Å²) in [7, 11) is 1.52. The van der Waals surface area contributed by atoms with Crippen LogP contribution in [0, 0.1) is 5.82 Å². The van der Waals surface area contributed by atoms with Gasteiger partial charge in [0.1, 0.15) is 12.4 Å². The van der Waals surface area contributed by atoms with Crippen LogP contribution in [0.2, 0.25) is 0 Å². The van der Waals surface area contributed by atoms with Crippen LogP contribution < -0.4 is 14.8 Å². The van der Waals surface area contributed by atoms with Crippen molar-refractivity contribution in [3.63, 3.8) is 0 Å². The number of hydrogen-bond acceptors (Lipinski definition) is 9. The Balaban J connectivity index is 1.35. The van der Waals surface area contributed by atoms with Gasteiger partial charge in [0.25, 0.3) is 0 Å². The Morgan fingerprint density at radius 3 is 2.74 bits per heavy atom. The molecule has 0 saturated heterocycles. The average Bonchev–Trinajstić information content (AvgIpc) is 3.54. The highest BCUT2D eigenvalue weighted by molar-refractivity contribution is 8.16. The molecule has 1 atom stereocenters. The Kier molecular flexibility index (Phi) is 7.66. The zero-order valence-electron chi connectivity index (χ0n) is 20.9. The van der Waals surface area contributed by atoms with Gasteiger partial charge in [-0.15, -0.1) is 0 Å². The standard InChI is InChI=1S/C27H26FN3O6S/c1-16-24(26(33)35-10-9-34-2)25(18-4-6-19(28)7-5-18)31-20(14-38-27(31)30-16)12-23(32)29-13-17-3-8-21-22(11-17)37-15-36-21/h3-8,11,14,25H,9-10,12-13,15H2,1-2H3,(H,29,32). The van der Waals surface area contributed by atoms with Crippen LogP contribution >= 0.6 is 11.8 Å². The molecule has 3 aliphatic heterocycles. The number of nitrogens with zero attached hydrogens (tertiary/aromatic N) is 2. The third-order valence-electron chi connectivity index (χ3n) is 6.20. The third kappa shape index (κ3) is 5.39. The topological polar surface area (TPSA) is 98.7 Å². The number of thioether (sulfide) groups is 1. The fraction of sp³-hybridized carbons (Fsp3) is 0.296. The number of ether oxygens (including phenoxy) is 4. The summed E-state index contributed by atoms with van der Waals surface area (Å²) in [5.41, 5.74) is 3.04. The van der Waals surface area contributed by atoms with Crippen LogP contribution in [0.25, 0.3) is 0 Å². The molecule has 1 N–H and O–H groups in total. The Morgan fingerprint density at radius 1 is 1.16 bits per heavy atom. The second-order valence-electron chi connectivity index (χ2n) is 8.71. The first kappa shape index (κ1) is 25.8. The number of fused-ring (bicyclic) bond motifs is 2. The summed E-state index contributed by atoms with van der Waals surface area (Å²) < 4.78 is 34.9. The van der Waals surface area contributed by atoms with Crippen molar-refractivity contribution in [2.75, 3.05) is 27.1 Å². The lowest BCUT2D eigenvalue weighted by atomic mass is 9.94. The number of amidine groups is 1. The first-order valence-electron chi connectivity index (χ1n) is 12.0. The molecular weight excluding hydrogens is 513 g/mol. The van der Waals surface area contributed by atoms with Crippen LogP contribution in [0.5, 0.6) is 11.5 Å². The summed E-state index contributed by atoms with van der Waals surface area (Å²) in [6, 6.07) is 10.8. The second-order valence-corrected chi connectivity index (χ2v) is 9.55. The SMILES string of the molecule is COCCOC(=O)C1=C(C)N=C2SC=C(CC(=O)NCc3ccc4c(c3)OCO4)N2C1c1ccc(F)cc1. The lowest BCUT2D eigenvalue weighted by Crippen LogP contribution is -2.38. The number of esters is 1.